The number of aromatic carboxylic acids is 1. The minimum atomic E-state index is -0.903. The van der Waals surface area contributed by atoms with Crippen LogP contribution in [0.3, 0.4) is 0 Å². The van der Waals surface area contributed by atoms with E-state index in [0.29, 0.717) is 22.1 Å². The molecule has 0 unspecified atom stereocenters. The van der Waals surface area contributed by atoms with E-state index in [0.717, 1.165) is 23.2 Å². The third-order valence-electron chi connectivity index (χ3n) is 2.85. The highest BCUT2D eigenvalue weighted by atomic mass is 32.1. The van der Waals surface area contributed by atoms with Gasteiger partial charge < -0.3 is 10.4 Å². The van der Waals surface area contributed by atoms with Crippen molar-refractivity contribution in [3.05, 3.63) is 39.9 Å². The van der Waals surface area contributed by atoms with E-state index in [2.05, 4.69) is 16.4 Å². The van der Waals surface area contributed by atoms with Gasteiger partial charge in [-0.2, -0.15) is 0 Å². The predicted molar refractivity (Wildman–Crippen MR) is 82.3 cm³/mol. The Kier molecular flexibility index (Phi) is 4.39. The first kappa shape index (κ1) is 14.5. The largest absolute Gasteiger partial charge is 0.477 e. The number of carbonyl (C=O) groups is 1. The summed E-state index contributed by atoms with van der Waals surface area (Å²) >= 11 is 1.19. The molecule has 2 N–H and O–H groups in total. The molecule has 0 spiro atoms. The number of thiazole rings is 1. The van der Waals surface area contributed by atoms with Gasteiger partial charge in [-0.05, 0) is 43.5 Å². The van der Waals surface area contributed by atoms with Crippen LogP contribution < -0.4 is 5.32 Å². The molecule has 2 rings (SSSR count). The molecule has 0 atom stereocenters. The van der Waals surface area contributed by atoms with Gasteiger partial charge in [0.1, 0.15) is 4.88 Å². The lowest BCUT2D eigenvalue weighted by atomic mass is 10.1. The predicted octanol–water partition coefficient (Wildman–Crippen LogP) is 4.15. The third kappa shape index (κ3) is 3.36. The summed E-state index contributed by atoms with van der Waals surface area (Å²) in [5.74, 6) is -0.903. The molecule has 20 heavy (non-hydrogen) atoms. The molecule has 1 aromatic carbocycles. The van der Waals surface area contributed by atoms with Gasteiger partial charge in [-0.25, -0.2) is 9.78 Å². The molecule has 0 bridgehead atoms. The van der Waals surface area contributed by atoms with Crippen molar-refractivity contribution in [1.29, 1.82) is 0 Å². The number of aryl methyl sites for hydroxylation is 3. The number of hydrogen-bond acceptors (Lipinski definition) is 4. The molecule has 1 heterocycles. The Hall–Kier alpha value is -1.88. The SMILES string of the molecule is CCCc1nc(Nc2cc(C)cc(C)c2)sc1C(=O)O. The molecule has 0 saturated carbocycles. The summed E-state index contributed by atoms with van der Waals surface area (Å²) in [6, 6.07) is 6.14. The zero-order valence-electron chi connectivity index (χ0n) is 11.9. The van der Waals surface area contributed by atoms with Crippen molar-refractivity contribution in [2.24, 2.45) is 0 Å². The van der Waals surface area contributed by atoms with Gasteiger partial charge in [0.2, 0.25) is 0 Å². The van der Waals surface area contributed by atoms with E-state index in [1.165, 1.54) is 11.3 Å². The van der Waals surface area contributed by atoms with E-state index in [4.69, 9.17) is 0 Å². The highest BCUT2D eigenvalue weighted by Gasteiger charge is 2.16. The Morgan fingerprint density at radius 2 is 1.95 bits per heavy atom. The Bertz CT molecular complexity index is 615. The van der Waals surface area contributed by atoms with Crippen molar-refractivity contribution in [3.63, 3.8) is 0 Å². The molecular weight excluding hydrogens is 272 g/mol. The number of benzene rings is 1. The molecule has 0 radical (unpaired) electrons. The van der Waals surface area contributed by atoms with E-state index in [9.17, 15) is 9.90 Å². The number of rotatable bonds is 5. The van der Waals surface area contributed by atoms with Gasteiger partial charge in [0.05, 0.1) is 5.69 Å². The lowest BCUT2D eigenvalue weighted by molar-refractivity contribution is 0.0700. The van der Waals surface area contributed by atoms with Gasteiger partial charge in [0, 0.05) is 5.69 Å². The Morgan fingerprint density at radius 3 is 2.50 bits per heavy atom. The van der Waals surface area contributed by atoms with Gasteiger partial charge in [0.25, 0.3) is 0 Å². The lowest BCUT2D eigenvalue weighted by Crippen LogP contribution is -1.98. The van der Waals surface area contributed by atoms with Crippen LogP contribution in [-0.4, -0.2) is 16.1 Å². The molecule has 0 aliphatic carbocycles. The van der Waals surface area contributed by atoms with Crippen molar-refractivity contribution in [2.75, 3.05) is 5.32 Å². The topological polar surface area (TPSA) is 62.2 Å². The summed E-state index contributed by atoms with van der Waals surface area (Å²) in [5, 5.41) is 13.0. The van der Waals surface area contributed by atoms with Crippen LogP contribution in [0.4, 0.5) is 10.8 Å². The lowest BCUT2D eigenvalue weighted by Gasteiger charge is -2.05. The van der Waals surface area contributed by atoms with E-state index in [1.54, 1.807) is 0 Å². The molecule has 0 aliphatic heterocycles. The third-order valence-corrected chi connectivity index (χ3v) is 3.85. The van der Waals surface area contributed by atoms with Crippen molar-refractivity contribution in [1.82, 2.24) is 4.98 Å². The van der Waals surface area contributed by atoms with Gasteiger partial charge in [-0.3, -0.25) is 0 Å². The molecule has 0 saturated heterocycles. The van der Waals surface area contributed by atoms with Crippen molar-refractivity contribution in [3.8, 4) is 0 Å². The van der Waals surface area contributed by atoms with Gasteiger partial charge in [-0.15, -0.1) is 0 Å². The number of aromatic nitrogens is 1. The zero-order valence-corrected chi connectivity index (χ0v) is 12.7. The molecule has 0 amide bonds. The van der Waals surface area contributed by atoms with E-state index in [1.807, 2.05) is 32.9 Å². The summed E-state index contributed by atoms with van der Waals surface area (Å²) in [6.45, 7) is 6.08. The molecule has 0 fully saturated rings. The normalized spacial score (nSPS) is 10.6. The maximum Gasteiger partial charge on any atom is 0.347 e. The molecule has 0 aliphatic rings. The van der Waals surface area contributed by atoms with Crippen molar-refractivity contribution < 1.29 is 9.90 Å². The fourth-order valence-electron chi connectivity index (χ4n) is 2.15. The molecule has 5 heteroatoms. The molecular formula is C15H18N2O2S. The summed E-state index contributed by atoms with van der Waals surface area (Å²) < 4.78 is 0. The van der Waals surface area contributed by atoms with Crippen LogP contribution in [0, 0.1) is 13.8 Å². The number of nitrogens with zero attached hydrogens (tertiary/aromatic N) is 1. The van der Waals surface area contributed by atoms with Crippen LogP contribution in [-0.2, 0) is 6.42 Å². The van der Waals surface area contributed by atoms with Crippen LogP contribution >= 0.6 is 11.3 Å². The van der Waals surface area contributed by atoms with E-state index >= 15 is 0 Å². The van der Waals surface area contributed by atoms with E-state index in [-0.39, 0.29) is 0 Å². The highest BCUT2D eigenvalue weighted by Crippen LogP contribution is 2.27. The van der Waals surface area contributed by atoms with Gasteiger partial charge in [-0.1, -0.05) is 30.7 Å². The van der Waals surface area contributed by atoms with Crippen LogP contribution in [0.5, 0.6) is 0 Å². The summed E-state index contributed by atoms with van der Waals surface area (Å²) in [7, 11) is 0. The molecule has 106 valence electrons. The molecule has 4 nitrogen and oxygen atoms in total. The standard InChI is InChI=1S/C15H18N2O2S/c1-4-5-12-13(14(18)19)20-15(17-12)16-11-7-9(2)6-10(3)8-11/h6-8H,4-5H2,1-3H3,(H,16,17)(H,18,19). The van der Waals surface area contributed by atoms with Crippen LogP contribution in [0.2, 0.25) is 0 Å². The van der Waals surface area contributed by atoms with Crippen molar-refractivity contribution in [2.45, 2.75) is 33.6 Å². The Morgan fingerprint density at radius 1 is 1.30 bits per heavy atom. The first-order chi connectivity index (χ1) is 9.49. The number of hydrogen-bond donors (Lipinski definition) is 2. The van der Waals surface area contributed by atoms with Gasteiger partial charge in [0.15, 0.2) is 5.13 Å². The second-order valence-electron chi connectivity index (χ2n) is 4.85. The monoisotopic (exact) mass is 290 g/mol. The number of anilines is 2. The second kappa shape index (κ2) is 6.05. The summed E-state index contributed by atoms with van der Waals surface area (Å²) in [5.41, 5.74) is 3.93. The zero-order chi connectivity index (χ0) is 14.7. The van der Waals surface area contributed by atoms with Crippen LogP contribution in [0.25, 0.3) is 0 Å². The van der Waals surface area contributed by atoms with Crippen LogP contribution in [0.1, 0.15) is 39.8 Å². The average Bonchev–Trinajstić information content (AvgIpc) is 2.71. The number of nitrogens with one attached hydrogen (secondary N) is 1. The smallest absolute Gasteiger partial charge is 0.347 e. The Balaban J connectivity index is 2.29. The molecule has 2 aromatic rings. The fraction of sp³-hybridized carbons (Fsp3) is 0.333. The van der Waals surface area contributed by atoms with Crippen LogP contribution in [0.15, 0.2) is 18.2 Å². The number of carboxylic acids is 1. The quantitative estimate of drug-likeness (QED) is 0.868. The maximum atomic E-state index is 11.2. The van der Waals surface area contributed by atoms with Crippen molar-refractivity contribution >= 4 is 28.1 Å². The summed E-state index contributed by atoms with van der Waals surface area (Å²) in [4.78, 5) is 15.9. The van der Waals surface area contributed by atoms with Gasteiger partial charge >= 0.3 is 5.97 Å². The average molecular weight is 290 g/mol. The number of carboxylic acid groups (broad SMARTS) is 1. The minimum Gasteiger partial charge on any atom is -0.477 e. The summed E-state index contributed by atoms with van der Waals surface area (Å²) in [6.07, 6.45) is 1.57. The minimum absolute atomic E-state index is 0.332. The Labute approximate surface area is 122 Å². The first-order valence-corrected chi connectivity index (χ1v) is 7.39. The molecule has 1 aromatic heterocycles. The first-order valence-electron chi connectivity index (χ1n) is 6.58. The highest BCUT2D eigenvalue weighted by molar-refractivity contribution is 7.17. The fourth-order valence-corrected chi connectivity index (χ4v) is 3.02. The second-order valence-corrected chi connectivity index (χ2v) is 5.85. The maximum absolute atomic E-state index is 11.2. The van der Waals surface area contributed by atoms with E-state index < -0.39 is 5.97 Å².